The fourth-order valence-corrected chi connectivity index (χ4v) is 2.45. The van der Waals surface area contributed by atoms with Gasteiger partial charge in [-0.15, -0.1) is 0 Å². The standard InChI is InChI=1S/C18H17FN4O/c1-12(24)23-15-5-2-13(3-6-15)8-9-20-18-16-10-14(19)4-7-17(16)21-11-22-18/h2-7,10-11H,8-9H2,1H3,(H,23,24)(H,20,21,22). The molecule has 3 aromatic rings. The van der Waals surface area contributed by atoms with Gasteiger partial charge in [0.1, 0.15) is 18.0 Å². The molecule has 0 bridgehead atoms. The molecular formula is C18H17FN4O. The second-order valence-electron chi connectivity index (χ2n) is 5.44. The summed E-state index contributed by atoms with van der Waals surface area (Å²) in [6, 6.07) is 12.1. The molecule has 0 radical (unpaired) electrons. The number of anilines is 2. The van der Waals surface area contributed by atoms with Crippen molar-refractivity contribution in [3.63, 3.8) is 0 Å². The van der Waals surface area contributed by atoms with Crippen LogP contribution in [0.1, 0.15) is 12.5 Å². The van der Waals surface area contributed by atoms with Crippen LogP contribution in [0.5, 0.6) is 0 Å². The monoisotopic (exact) mass is 324 g/mol. The Balaban J connectivity index is 1.64. The average Bonchev–Trinajstić information content (AvgIpc) is 2.56. The number of halogens is 1. The van der Waals surface area contributed by atoms with Crippen LogP contribution in [0.15, 0.2) is 48.8 Å². The van der Waals surface area contributed by atoms with Gasteiger partial charge in [-0.2, -0.15) is 0 Å². The summed E-state index contributed by atoms with van der Waals surface area (Å²) in [7, 11) is 0. The second-order valence-corrected chi connectivity index (χ2v) is 5.44. The number of nitrogens with one attached hydrogen (secondary N) is 2. The lowest BCUT2D eigenvalue weighted by molar-refractivity contribution is -0.114. The van der Waals surface area contributed by atoms with E-state index in [1.807, 2.05) is 24.3 Å². The molecule has 6 heteroatoms. The first-order valence-electron chi connectivity index (χ1n) is 7.62. The third-order valence-corrected chi connectivity index (χ3v) is 3.58. The molecule has 5 nitrogen and oxygen atoms in total. The van der Waals surface area contributed by atoms with E-state index in [1.54, 1.807) is 6.07 Å². The summed E-state index contributed by atoms with van der Waals surface area (Å²) >= 11 is 0. The van der Waals surface area contributed by atoms with Crippen LogP contribution in [0.3, 0.4) is 0 Å². The van der Waals surface area contributed by atoms with Crippen molar-refractivity contribution in [3.8, 4) is 0 Å². The maximum absolute atomic E-state index is 13.4. The van der Waals surface area contributed by atoms with E-state index in [4.69, 9.17) is 0 Å². The predicted molar refractivity (Wildman–Crippen MR) is 92.4 cm³/mol. The second kappa shape index (κ2) is 7.04. The molecule has 0 aliphatic rings. The molecule has 0 saturated carbocycles. The molecule has 0 unspecified atom stereocenters. The number of aromatic nitrogens is 2. The van der Waals surface area contributed by atoms with Crippen LogP contribution in [0, 0.1) is 5.82 Å². The molecule has 1 aromatic heterocycles. The van der Waals surface area contributed by atoms with Gasteiger partial charge in [0, 0.05) is 24.5 Å². The van der Waals surface area contributed by atoms with Crippen molar-refractivity contribution in [2.24, 2.45) is 0 Å². The fourth-order valence-electron chi connectivity index (χ4n) is 2.45. The molecule has 2 aromatic carbocycles. The zero-order valence-corrected chi connectivity index (χ0v) is 13.2. The van der Waals surface area contributed by atoms with Crippen LogP contribution in [0.2, 0.25) is 0 Å². The maximum Gasteiger partial charge on any atom is 0.221 e. The van der Waals surface area contributed by atoms with Crippen molar-refractivity contribution in [2.75, 3.05) is 17.2 Å². The van der Waals surface area contributed by atoms with Crippen molar-refractivity contribution in [3.05, 3.63) is 60.2 Å². The van der Waals surface area contributed by atoms with Crippen molar-refractivity contribution < 1.29 is 9.18 Å². The molecular weight excluding hydrogens is 307 g/mol. The quantitative estimate of drug-likeness (QED) is 0.755. The van der Waals surface area contributed by atoms with E-state index >= 15 is 0 Å². The first-order valence-corrected chi connectivity index (χ1v) is 7.62. The molecule has 2 N–H and O–H groups in total. The minimum Gasteiger partial charge on any atom is -0.369 e. The summed E-state index contributed by atoms with van der Waals surface area (Å²) in [6.45, 7) is 2.13. The highest BCUT2D eigenvalue weighted by molar-refractivity contribution is 5.89. The lowest BCUT2D eigenvalue weighted by atomic mass is 10.1. The first kappa shape index (κ1) is 15.9. The van der Waals surface area contributed by atoms with E-state index in [0.717, 1.165) is 17.7 Å². The van der Waals surface area contributed by atoms with Gasteiger partial charge in [0.05, 0.1) is 5.52 Å². The van der Waals surface area contributed by atoms with Gasteiger partial charge in [-0.05, 0) is 42.3 Å². The van der Waals surface area contributed by atoms with E-state index in [9.17, 15) is 9.18 Å². The molecule has 1 amide bonds. The van der Waals surface area contributed by atoms with E-state index < -0.39 is 0 Å². The van der Waals surface area contributed by atoms with Crippen LogP contribution in [-0.2, 0) is 11.2 Å². The number of hydrogen-bond donors (Lipinski definition) is 2. The summed E-state index contributed by atoms with van der Waals surface area (Å²) in [6.07, 6.45) is 2.24. The molecule has 0 saturated heterocycles. The third kappa shape index (κ3) is 3.84. The predicted octanol–water partition coefficient (Wildman–Crippen LogP) is 3.38. The lowest BCUT2D eigenvalue weighted by Crippen LogP contribution is -2.08. The summed E-state index contributed by atoms with van der Waals surface area (Å²) in [5.41, 5.74) is 2.60. The number of rotatable bonds is 5. The van der Waals surface area contributed by atoms with Gasteiger partial charge in [-0.1, -0.05) is 12.1 Å². The lowest BCUT2D eigenvalue weighted by Gasteiger charge is -2.09. The molecule has 0 aliphatic carbocycles. The minimum absolute atomic E-state index is 0.0905. The Morgan fingerprint density at radius 1 is 1.12 bits per heavy atom. The number of carbonyl (C=O) groups excluding carboxylic acids is 1. The van der Waals surface area contributed by atoms with Gasteiger partial charge in [0.2, 0.25) is 5.91 Å². The Kier molecular flexibility index (Phi) is 4.65. The number of fused-ring (bicyclic) bond motifs is 1. The molecule has 122 valence electrons. The Morgan fingerprint density at radius 2 is 1.92 bits per heavy atom. The van der Waals surface area contributed by atoms with Crippen LogP contribution < -0.4 is 10.6 Å². The van der Waals surface area contributed by atoms with E-state index in [2.05, 4.69) is 20.6 Å². The van der Waals surface area contributed by atoms with Crippen LogP contribution in [0.4, 0.5) is 15.9 Å². The van der Waals surface area contributed by atoms with E-state index in [0.29, 0.717) is 23.3 Å². The van der Waals surface area contributed by atoms with Gasteiger partial charge >= 0.3 is 0 Å². The highest BCUT2D eigenvalue weighted by Gasteiger charge is 2.04. The number of amides is 1. The number of nitrogens with zero attached hydrogens (tertiary/aromatic N) is 2. The molecule has 0 aliphatic heterocycles. The molecule has 0 spiro atoms. The Labute approximate surface area is 138 Å². The van der Waals surface area contributed by atoms with Gasteiger partial charge in [0.25, 0.3) is 0 Å². The third-order valence-electron chi connectivity index (χ3n) is 3.58. The number of benzene rings is 2. The van der Waals surface area contributed by atoms with Crippen LogP contribution in [0.25, 0.3) is 10.9 Å². The summed E-state index contributed by atoms with van der Waals surface area (Å²) < 4.78 is 13.4. The fraction of sp³-hybridized carbons (Fsp3) is 0.167. The molecule has 0 atom stereocenters. The zero-order chi connectivity index (χ0) is 16.9. The highest BCUT2D eigenvalue weighted by Crippen LogP contribution is 2.20. The maximum atomic E-state index is 13.4. The summed E-state index contributed by atoms with van der Waals surface area (Å²) in [5, 5.41) is 6.62. The van der Waals surface area contributed by atoms with E-state index in [1.165, 1.54) is 25.4 Å². The van der Waals surface area contributed by atoms with Crippen LogP contribution >= 0.6 is 0 Å². The van der Waals surface area contributed by atoms with Gasteiger partial charge in [-0.3, -0.25) is 4.79 Å². The van der Waals surface area contributed by atoms with Crippen LogP contribution in [-0.4, -0.2) is 22.4 Å². The Hall–Kier alpha value is -3.02. The molecule has 1 heterocycles. The topological polar surface area (TPSA) is 66.9 Å². The largest absolute Gasteiger partial charge is 0.369 e. The van der Waals surface area contributed by atoms with Gasteiger partial charge in [-0.25, -0.2) is 14.4 Å². The van der Waals surface area contributed by atoms with Crippen molar-refractivity contribution in [2.45, 2.75) is 13.3 Å². The minimum atomic E-state index is -0.311. The van der Waals surface area contributed by atoms with Gasteiger partial charge in [0.15, 0.2) is 0 Å². The number of carbonyl (C=O) groups is 1. The average molecular weight is 324 g/mol. The normalized spacial score (nSPS) is 10.6. The summed E-state index contributed by atoms with van der Waals surface area (Å²) in [5.74, 6) is 0.218. The zero-order valence-electron chi connectivity index (χ0n) is 13.2. The Morgan fingerprint density at radius 3 is 2.67 bits per heavy atom. The summed E-state index contributed by atoms with van der Waals surface area (Å²) in [4.78, 5) is 19.3. The highest BCUT2D eigenvalue weighted by atomic mass is 19.1. The molecule has 3 rings (SSSR count). The molecule has 24 heavy (non-hydrogen) atoms. The van der Waals surface area contributed by atoms with Crippen molar-refractivity contribution >= 4 is 28.3 Å². The van der Waals surface area contributed by atoms with Gasteiger partial charge < -0.3 is 10.6 Å². The first-order chi connectivity index (χ1) is 11.6. The smallest absolute Gasteiger partial charge is 0.221 e. The van der Waals surface area contributed by atoms with Crippen molar-refractivity contribution in [1.82, 2.24) is 9.97 Å². The molecule has 0 fully saturated rings. The SMILES string of the molecule is CC(=O)Nc1ccc(CCNc2ncnc3ccc(F)cc23)cc1. The Bertz CT molecular complexity index is 865. The van der Waals surface area contributed by atoms with E-state index in [-0.39, 0.29) is 11.7 Å². The number of hydrogen-bond acceptors (Lipinski definition) is 4. The van der Waals surface area contributed by atoms with Crippen molar-refractivity contribution in [1.29, 1.82) is 0 Å².